The monoisotopic (exact) mass is 644 g/mol. The molecular weight excluding hydrogens is 613 g/mol. The normalized spacial score (nSPS) is 13.2. The first-order valence-corrected chi connectivity index (χ1v) is 17.0. The van der Waals surface area contributed by atoms with Crippen LogP contribution in [-0.2, 0) is 5.41 Å². The summed E-state index contributed by atoms with van der Waals surface area (Å²) in [4.78, 5) is 7.04. The van der Waals surface area contributed by atoms with Gasteiger partial charge in [-0.05, 0) is 100 Å². The topological polar surface area (TPSA) is 42.4 Å². The van der Waals surface area contributed by atoms with Gasteiger partial charge in [0.25, 0.3) is 0 Å². The molecular formula is C46H32N2O2. The zero-order valence-electron chi connectivity index (χ0n) is 27.7. The number of benzene rings is 7. The molecule has 1 aliphatic carbocycles. The van der Waals surface area contributed by atoms with Gasteiger partial charge in [0.1, 0.15) is 16.7 Å². The van der Waals surface area contributed by atoms with Crippen LogP contribution in [0.4, 0.5) is 17.1 Å². The maximum absolute atomic E-state index is 6.58. The van der Waals surface area contributed by atoms with Crippen LogP contribution in [0.25, 0.3) is 66.7 Å². The van der Waals surface area contributed by atoms with Crippen LogP contribution in [0.3, 0.4) is 0 Å². The lowest BCUT2D eigenvalue weighted by Crippen LogP contribution is -2.16. The van der Waals surface area contributed by atoms with Gasteiger partial charge in [0.2, 0.25) is 5.89 Å². The molecule has 9 aromatic rings. The van der Waals surface area contributed by atoms with Crippen LogP contribution in [0.5, 0.6) is 0 Å². The number of oxazole rings is 1. The SMILES string of the molecule is CC1(C)c2ccccc2-c2ccc(N(c3ccc(-c4ccccc4)cc3)c3ccc4c(c3)oc3cc(-c5nc6ccccc6o5)ccc34)cc21. The number of hydrogen-bond acceptors (Lipinski definition) is 4. The van der Waals surface area contributed by atoms with Gasteiger partial charge in [-0.1, -0.05) is 98.8 Å². The second-order valence-corrected chi connectivity index (χ2v) is 13.6. The highest BCUT2D eigenvalue weighted by Crippen LogP contribution is 2.51. The largest absolute Gasteiger partial charge is 0.456 e. The summed E-state index contributed by atoms with van der Waals surface area (Å²) in [6.45, 7) is 4.66. The van der Waals surface area contributed by atoms with Gasteiger partial charge >= 0.3 is 0 Å². The average Bonchev–Trinajstić information content (AvgIpc) is 3.82. The van der Waals surface area contributed by atoms with E-state index in [2.05, 4.69) is 146 Å². The van der Waals surface area contributed by atoms with Crippen molar-refractivity contribution in [2.24, 2.45) is 0 Å². The van der Waals surface area contributed by atoms with Crippen LogP contribution >= 0.6 is 0 Å². The van der Waals surface area contributed by atoms with E-state index in [0.29, 0.717) is 5.89 Å². The van der Waals surface area contributed by atoms with Gasteiger partial charge in [-0.2, -0.15) is 0 Å². The first-order chi connectivity index (χ1) is 24.5. The van der Waals surface area contributed by atoms with Crippen LogP contribution in [-0.4, -0.2) is 4.98 Å². The molecule has 4 nitrogen and oxygen atoms in total. The van der Waals surface area contributed by atoms with E-state index in [4.69, 9.17) is 13.8 Å². The molecule has 0 atom stereocenters. The molecule has 0 saturated carbocycles. The van der Waals surface area contributed by atoms with E-state index in [1.807, 2.05) is 30.3 Å². The molecule has 0 unspecified atom stereocenters. The summed E-state index contributed by atoms with van der Waals surface area (Å²) in [6.07, 6.45) is 0. The maximum Gasteiger partial charge on any atom is 0.227 e. The van der Waals surface area contributed by atoms with Crippen molar-refractivity contribution >= 4 is 50.1 Å². The van der Waals surface area contributed by atoms with Crippen LogP contribution in [0.1, 0.15) is 25.0 Å². The smallest absolute Gasteiger partial charge is 0.227 e. The second kappa shape index (κ2) is 10.8. The maximum atomic E-state index is 6.58. The minimum atomic E-state index is -0.111. The van der Waals surface area contributed by atoms with E-state index in [9.17, 15) is 0 Å². The highest BCUT2D eigenvalue weighted by molar-refractivity contribution is 6.07. The van der Waals surface area contributed by atoms with Gasteiger partial charge in [-0.15, -0.1) is 0 Å². The summed E-state index contributed by atoms with van der Waals surface area (Å²) in [7, 11) is 0. The fourth-order valence-electron chi connectivity index (χ4n) is 7.75. The third kappa shape index (κ3) is 4.42. The molecule has 0 radical (unpaired) electrons. The summed E-state index contributed by atoms with van der Waals surface area (Å²) in [5, 5.41) is 2.12. The molecule has 0 bridgehead atoms. The Bertz CT molecular complexity index is 2700. The highest BCUT2D eigenvalue weighted by atomic mass is 16.3. The van der Waals surface area contributed by atoms with Crippen molar-refractivity contribution in [1.29, 1.82) is 0 Å². The molecule has 4 heteroatoms. The highest BCUT2D eigenvalue weighted by Gasteiger charge is 2.35. The van der Waals surface area contributed by atoms with E-state index in [-0.39, 0.29) is 5.41 Å². The Kier molecular flexibility index (Phi) is 6.19. The first kappa shape index (κ1) is 28.6. The lowest BCUT2D eigenvalue weighted by atomic mass is 9.82. The first-order valence-electron chi connectivity index (χ1n) is 17.0. The summed E-state index contributed by atoms with van der Waals surface area (Å²) in [5.41, 5.74) is 14.9. The molecule has 1 aliphatic rings. The summed E-state index contributed by atoms with van der Waals surface area (Å²) < 4.78 is 12.7. The lowest BCUT2D eigenvalue weighted by molar-refractivity contribution is 0.619. The molecule has 0 spiro atoms. The minimum absolute atomic E-state index is 0.111. The number of para-hydroxylation sites is 2. The molecule has 2 heterocycles. The van der Waals surface area contributed by atoms with Crippen molar-refractivity contribution in [3.63, 3.8) is 0 Å². The van der Waals surface area contributed by atoms with Crippen LogP contribution in [0, 0.1) is 0 Å². The molecule has 0 N–H and O–H groups in total. The van der Waals surface area contributed by atoms with E-state index in [0.717, 1.165) is 55.7 Å². The lowest BCUT2D eigenvalue weighted by Gasteiger charge is -2.28. The fraction of sp³-hybridized carbons (Fsp3) is 0.0652. The predicted molar refractivity (Wildman–Crippen MR) is 204 cm³/mol. The van der Waals surface area contributed by atoms with E-state index < -0.39 is 0 Å². The van der Waals surface area contributed by atoms with Crippen molar-refractivity contribution in [3.05, 3.63) is 169 Å². The molecule has 0 amide bonds. The zero-order valence-corrected chi connectivity index (χ0v) is 27.7. The number of hydrogen-bond donors (Lipinski definition) is 0. The van der Waals surface area contributed by atoms with E-state index in [1.54, 1.807) is 0 Å². The predicted octanol–water partition coefficient (Wildman–Crippen LogP) is 12.8. The Morgan fingerprint density at radius 3 is 1.92 bits per heavy atom. The summed E-state index contributed by atoms with van der Waals surface area (Å²) in [5.74, 6) is 0.584. The number of anilines is 3. The Labute approximate surface area is 289 Å². The van der Waals surface area contributed by atoms with Gasteiger partial charge in [-0.25, -0.2) is 4.98 Å². The Hall–Kier alpha value is -6.39. The van der Waals surface area contributed by atoms with Gasteiger partial charge in [0.15, 0.2) is 5.58 Å². The third-order valence-corrected chi connectivity index (χ3v) is 10.3. The van der Waals surface area contributed by atoms with E-state index >= 15 is 0 Å². The Balaban J connectivity index is 1.10. The van der Waals surface area contributed by atoms with Gasteiger partial charge < -0.3 is 13.7 Å². The quantitative estimate of drug-likeness (QED) is 0.187. The zero-order chi connectivity index (χ0) is 33.4. The average molecular weight is 645 g/mol. The molecule has 0 saturated heterocycles. The van der Waals surface area contributed by atoms with Crippen molar-refractivity contribution in [2.45, 2.75) is 19.3 Å². The number of nitrogens with zero attached hydrogens (tertiary/aromatic N) is 2. The number of furan rings is 1. The van der Waals surface area contributed by atoms with Gasteiger partial charge in [0, 0.05) is 44.9 Å². The fourth-order valence-corrected chi connectivity index (χ4v) is 7.75. The van der Waals surface area contributed by atoms with Gasteiger partial charge in [-0.3, -0.25) is 0 Å². The molecule has 0 fully saturated rings. The van der Waals surface area contributed by atoms with Crippen LogP contribution in [0.2, 0.25) is 0 Å². The van der Waals surface area contributed by atoms with Crippen LogP contribution < -0.4 is 4.90 Å². The number of fused-ring (bicyclic) bond motifs is 7. The minimum Gasteiger partial charge on any atom is -0.456 e. The van der Waals surface area contributed by atoms with Gasteiger partial charge in [0.05, 0.1) is 0 Å². The van der Waals surface area contributed by atoms with Crippen molar-refractivity contribution in [3.8, 4) is 33.7 Å². The molecule has 2 aromatic heterocycles. The summed E-state index contributed by atoms with van der Waals surface area (Å²) >= 11 is 0. The Morgan fingerprint density at radius 2 is 1.08 bits per heavy atom. The standard InChI is InChI=1S/C46H32N2O2/c1-46(2)39-13-7-6-12-35(39)36-24-21-33(27-40(36)46)48(32-19-16-30(17-20-32)29-10-4-3-5-11-29)34-22-25-38-37-23-18-31(26-43(37)49-44(38)28-34)45-47-41-14-8-9-15-42(41)50-45/h3-28H,1-2H3. The number of aromatic nitrogens is 1. The van der Waals surface area contributed by atoms with Crippen molar-refractivity contribution < 1.29 is 8.83 Å². The van der Waals surface area contributed by atoms with Crippen LogP contribution in [0.15, 0.2) is 167 Å². The summed E-state index contributed by atoms with van der Waals surface area (Å²) in [6, 6.07) is 55.6. The Morgan fingerprint density at radius 1 is 0.460 bits per heavy atom. The molecule has 238 valence electrons. The molecule has 0 aliphatic heterocycles. The van der Waals surface area contributed by atoms with Crippen molar-refractivity contribution in [2.75, 3.05) is 4.90 Å². The third-order valence-electron chi connectivity index (χ3n) is 10.3. The molecule has 7 aromatic carbocycles. The van der Waals surface area contributed by atoms with Crippen molar-refractivity contribution in [1.82, 2.24) is 4.98 Å². The number of rotatable bonds is 5. The molecule has 50 heavy (non-hydrogen) atoms. The second-order valence-electron chi connectivity index (χ2n) is 13.6. The molecule has 10 rings (SSSR count). The van der Waals surface area contributed by atoms with E-state index in [1.165, 1.54) is 33.4 Å².